The molecular weight excluding hydrogens is 314 g/mol. The summed E-state index contributed by atoms with van der Waals surface area (Å²) in [6.45, 7) is 0. The van der Waals surface area contributed by atoms with Crippen LogP contribution in [0.25, 0.3) is 33.5 Å². The molecule has 0 saturated heterocycles. The van der Waals surface area contributed by atoms with Gasteiger partial charge in [0.2, 0.25) is 0 Å². The van der Waals surface area contributed by atoms with Crippen LogP contribution in [0.4, 0.5) is 0 Å². The highest BCUT2D eigenvalue weighted by atomic mass is 16.5. The first-order chi connectivity index (χ1) is 12.3. The zero-order valence-corrected chi connectivity index (χ0v) is 13.2. The summed E-state index contributed by atoms with van der Waals surface area (Å²) in [4.78, 5) is 19.9. The number of carbonyl (C=O) groups excluding carboxylic acids is 1. The molecule has 0 radical (unpaired) electrons. The van der Waals surface area contributed by atoms with Gasteiger partial charge in [0.05, 0.1) is 11.0 Å². The van der Waals surface area contributed by atoms with Crippen LogP contribution in [-0.4, -0.2) is 21.1 Å². The summed E-state index contributed by atoms with van der Waals surface area (Å²) in [6, 6.07) is 22.8. The highest BCUT2D eigenvalue weighted by Gasteiger charge is 2.15. The Labute approximate surface area is 143 Å². The van der Waals surface area contributed by atoms with Crippen LogP contribution >= 0.6 is 0 Å². The molecule has 5 nitrogen and oxygen atoms in total. The van der Waals surface area contributed by atoms with E-state index >= 15 is 0 Å². The van der Waals surface area contributed by atoms with E-state index < -0.39 is 5.91 Å². The molecule has 0 fully saturated rings. The standard InChI is InChI=1S/C20H15N3O2/c24-20(23-25)15-11-10-14(12-16(15)13-6-2-1-3-7-13)19-21-17-8-4-5-9-18(17)22-19/h1-12,25H,(H,21,22)(H,23,24). The minimum atomic E-state index is -0.546. The number of carbonyl (C=O) groups is 1. The van der Waals surface area contributed by atoms with Crippen molar-refractivity contribution in [1.82, 2.24) is 15.4 Å². The summed E-state index contributed by atoms with van der Waals surface area (Å²) in [5, 5.41) is 9.02. The van der Waals surface area contributed by atoms with E-state index in [9.17, 15) is 4.79 Å². The lowest BCUT2D eigenvalue weighted by Crippen LogP contribution is -2.19. The Bertz CT molecular complexity index is 1020. The maximum absolute atomic E-state index is 12.0. The van der Waals surface area contributed by atoms with E-state index in [2.05, 4.69) is 9.97 Å². The number of nitrogens with zero attached hydrogens (tertiary/aromatic N) is 1. The van der Waals surface area contributed by atoms with Crippen LogP contribution in [0.5, 0.6) is 0 Å². The van der Waals surface area contributed by atoms with Gasteiger partial charge in [-0.1, -0.05) is 48.5 Å². The predicted octanol–water partition coefficient (Wildman–Crippen LogP) is 4.02. The van der Waals surface area contributed by atoms with Gasteiger partial charge in [0.1, 0.15) is 5.82 Å². The molecule has 0 spiro atoms. The van der Waals surface area contributed by atoms with Crippen molar-refractivity contribution in [2.45, 2.75) is 0 Å². The second kappa shape index (κ2) is 6.22. The fourth-order valence-electron chi connectivity index (χ4n) is 2.90. The number of rotatable bonds is 3. The summed E-state index contributed by atoms with van der Waals surface area (Å²) in [7, 11) is 0. The van der Waals surface area contributed by atoms with Gasteiger partial charge in [-0.15, -0.1) is 0 Å². The maximum atomic E-state index is 12.0. The van der Waals surface area contributed by atoms with E-state index in [0.717, 1.165) is 33.5 Å². The largest absolute Gasteiger partial charge is 0.338 e. The molecule has 0 saturated carbocycles. The molecule has 3 aromatic carbocycles. The third-order valence-electron chi connectivity index (χ3n) is 4.11. The summed E-state index contributed by atoms with van der Waals surface area (Å²) >= 11 is 0. The number of benzene rings is 3. The number of aromatic nitrogens is 2. The van der Waals surface area contributed by atoms with Gasteiger partial charge in [0, 0.05) is 11.1 Å². The second-order valence-electron chi connectivity index (χ2n) is 5.67. The van der Waals surface area contributed by atoms with Crippen LogP contribution in [-0.2, 0) is 0 Å². The third kappa shape index (κ3) is 2.77. The Morgan fingerprint density at radius 2 is 1.68 bits per heavy atom. The van der Waals surface area contributed by atoms with Crippen molar-refractivity contribution in [3.8, 4) is 22.5 Å². The van der Waals surface area contributed by atoms with Crippen molar-refractivity contribution in [2.75, 3.05) is 0 Å². The normalized spacial score (nSPS) is 10.8. The van der Waals surface area contributed by atoms with Gasteiger partial charge in [-0.3, -0.25) is 10.0 Å². The molecule has 0 unspecified atom stereocenters. The molecule has 1 amide bonds. The topological polar surface area (TPSA) is 78.0 Å². The number of aromatic amines is 1. The fourth-order valence-corrected chi connectivity index (χ4v) is 2.90. The Morgan fingerprint density at radius 1 is 0.920 bits per heavy atom. The molecule has 0 bridgehead atoms. The number of H-pyrrole nitrogens is 1. The van der Waals surface area contributed by atoms with Gasteiger partial charge in [0.25, 0.3) is 5.91 Å². The molecule has 0 aliphatic carbocycles. The van der Waals surface area contributed by atoms with Crippen LogP contribution < -0.4 is 5.48 Å². The zero-order valence-electron chi connectivity index (χ0n) is 13.2. The number of hydrogen-bond acceptors (Lipinski definition) is 3. The zero-order chi connectivity index (χ0) is 17.2. The van der Waals surface area contributed by atoms with Crippen molar-refractivity contribution in [3.05, 3.63) is 78.4 Å². The fraction of sp³-hybridized carbons (Fsp3) is 0. The smallest absolute Gasteiger partial charge is 0.275 e. The molecule has 0 aliphatic rings. The molecule has 3 N–H and O–H groups in total. The summed E-state index contributed by atoms with van der Waals surface area (Å²) in [5.74, 6) is 0.185. The molecule has 4 aromatic rings. The van der Waals surface area contributed by atoms with Crippen LogP contribution in [0.15, 0.2) is 72.8 Å². The van der Waals surface area contributed by atoms with Crippen LogP contribution in [0.3, 0.4) is 0 Å². The first-order valence-corrected chi connectivity index (χ1v) is 7.85. The van der Waals surface area contributed by atoms with Crippen molar-refractivity contribution in [2.24, 2.45) is 0 Å². The van der Waals surface area contributed by atoms with Gasteiger partial charge >= 0.3 is 0 Å². The van der Waals surface area contributed by atoms with E-state index in [1.54, 1.807) is 11.5 Å². The number of para-hydroxylation sites is 2. The minimum Gasteiger partial charge on any atom is -0.338 e. The van der Waals surface area contributed by atoms with Crippen LogP contribution in [0, 0.1) is 0 Å². The number of fused-ring (bicyclic) bond motifs is 1. The van der Waals surface area contributed by atoms with Crippen molar-refractivity contribution in [3.63, 3.8) is 0 Å². The first kappa shape index (κ1) is 15.1. The quantitative estimate of drug-likeness (QED) is 0.392. The SMILES string of the molecule is O=C(NO)c1ccc(-c2nc3ccccc3[nH]2)cc1-c1ccccc1. The van der Waals surface area contributed by atoms with Crippen LogP contribution in [0.1, 0.15) is 10.4 Å². The molecule has 0 aliphatic heterocycles. The highest BCUT2D eigenvalue weighted by Crippen LogP contribution is 2.29. The molecular formula is C20H15N3O2. The lowest BCUT2D eigenvalue weighted by Gasteiger charge is -2.10. The summed E-state index contributed by atoms with van der Waals surface area (Å²) in [5.41, 5.74) is 6.43. The monoisotopic (exact) mass is 329 g/mol. The van der Waals surface area contributed by atoms with Gasteiger partial charge in [0.15, 0.2) is 0 Å². The number of hydrogen-bond donors (Lipinski definition) is 3. The number of amides is 1. The van der Waals surface area contributed by atoms with Crippen LogP contribution in [0.2, 0.25) is 0 Å². The van der Waals surface area contributed by atoms with Gasteiger partial charge in [-0.25, -0.2) is 10.5 Å². The molecule has 1 heterocycles. The van der Waals surface area contributed by atoms with Crippen molar-refractivity contribution in [1.29, 1.82) is 0 Å². The molecule has 122 valence electrons. The number of nitrogens with one attached hydrogen (secondary N) is 2. The Hall–Kier alpha value is -3.44. The lowest BCUT2D eigenvalue weighted by molar-refractivity contribution is 0.0707. The molecule has 25 heavy (non-hydrogen) atoms. The van der Waals surface area contributed by atoms with E-state index in [1.807, 2.05) is 66.7 Å². The van der Waals surface area contributed by atoms with E-state index in [-0.39, 0.29) is 0 Å². The van der Waals surface area contributed by atoms with Crippen molar-refractivity contribution >= 4 is 16.9 Å². The molecule has 5 heteroatoms. The average molecular weight is 329 g/mol. The average Bonchev–Trinajstić information content (AvgIpc) is 3.12. The lowest BCUT2D eigenvalue weighted by atomic mass is 9.96. The van der Waals surface area contributed by atoms with Gasteiger partial charge in [-0.05, 0) is 35.4 Å². The van der Waals surface area contributed by atoms with E-state index in [1.165, 1.54) is 0 Å². The molecule has 1 aromatic heterocycles. The number of imidazole rings is 1. The number of hydroxylamine groups is 1. The third-order valence-corrected chi connectivity index (χ3v) is 4.11. The van der Waals surface area contributed by atoms with Gasteiger partial charge in [-0.2, -0.15) is 0 Å². The summed E-state index contributed by atoms with van der Waals surface area (Å²) in [6.07, 6.45) is 0. The van der Waals surface area contributed by atoms with Crippen molar-refractivity contribution < 1.29 is 10.0 Å². The van der Waals surface area contributed by atoms with Gasteiger partial charge < -0.3 is 4.98 Å². The summed E-state index contributed by atoms with van der Waals surface area (Å²) < 4.78 is 0. The molecule has 4 rings (SSSR count). The first-order valence-electron chi connectivity index (χ1n) is 7.85. The molecule has 0 atom stereocenters. The Kier molecular flexibility index (Phi) is 3.76. The van der Waals surface area contributed by atoms with E-state index in [0.29, 0.717) is 5.56 Å². The Morgan fingerprint density at radius 3 is 2.44 bits per heavy atom. The predicted molar refractivity (Wildman–Crippen MR) is 96.2 cm³/mol. The Balaban J connectivity index is 1.89. The van der Waals surface area contributed by atoms with E-state index in [4.69, 9.17) is 5.21 Å². The minimum absolute atomic E-state index is 0.397. The second-order valence-corrected chi connectivity index (χ2v) is 5.67. The maximum Gasteiger partial charge on any atom is 0.275 e. The highest BCUT2D eigenvalue weighted by molar-refractivity contribution is 6.01.